The van der Waals surface area contributed by atoms with Gasteiger partial charge < -0.3 is 9.73 Å². The van der Waals surface area contributed by atoms with Gasteiger partial charge in [-0.3, -0.25) is 4.79 Å². The third-order valence-corrected chi connectivity index (χ3v) is 4.77. The fraction of sp³-hybridized carbons (Fsp3) is 0.286. The Balaban J connectivity index is 1.49. The normalized spacial score (nSPS) is 14.8. The monoisotopic (exact) mass is 347 g/mol. The molecule has 1 saturated carbocycles. The van der Waals surface area contributed by atoms with Crippen molar-refractivity contribution in [1.82, 2.24) is 15.5 Å². The van der Waals surface area contributed by atoms with Gasteiger partial charge in [-0.1, -0.05) is 17.7 Å². The van der Waals surface area contributed by atoms with Crippen molar-refractivity contribution in [2.75, 3.05) is 0 Å². The molecule has 1 aliphatic rings. The number of amides is 1. The van der Waals surface area contributed by atoms with Crippen molar-refractivity contribution < 1.29 is 9.21 Å². The number of rotatable bonds is 5. The number of hydrogen-bond acceptors (Lipinski definition) is 4. The largest absolute Gasteiger partial charge is 0.416 e. The van der Waals surface area contributed by atoms with Crippen LogP contribution < -0.4 is 5.32 Å². The predicted molar refractivity (Wildman–Crippen MR) is 99.6 cm³/mol. The fourth-order valence-electron chi connectivity index (χ4n) is 3.00. The molecule has 26 heavy (non-hydrogen) atoms. The minimum absolute atomic E-state index is 0.0399. The second-order valence-electron chi connectivity index (χ2n) is 6.96. The van der Waals surface area contributed by atoms with Gasteiger partial charge in [0, 0.05) is 22.7 Å². The zero-order valence-corrected chi connectivity index (χ0v) is 14.9. The number of aryl methyl sites for hydroxylation is 1. The first-order valence-electron chi connectivity index (χ1n) is 8.92. The Hall–Kier alpha value is -2.95. The predicted octanol–water partition coefficient (Wildman–Crippen LogP) is 4.24. The summed E-state index contributed by atoms with van der Waals surface area (Å²) in [4.78, 5) is 12.3. The molecule has 1 amide bonds. The van der Waals surface area contributed by atoms with E-state index in [-0.39, 0.29) is 11.9 Å². The van der Waals surface area contributed by atoms with Gasteiger partial charge in [0.25, 0.3) is 5.91 Å². The molecule has 5 nitrogen and oxygen atoms in total. The van der Waals surface area contributed by atoms with Gasteiger partial charge in [-0.05, 0) is 69.0 Å². The maximum Gasteiger partial charge on any atom is 0.251 e. The summed E-state index contributed by atoms with van der Waals surface area (Å²) in [5.74, 6) is 1.53. The van der Waals surface area contributed by atoms with E-state index in [2.05, 4.69) is 22.4 Å². The molecule has 4 rings (SSSR count). The summed E-state index contributed by atoms with van der Waals surface area (Å²) >= 11 is 0. The number of benzene rings is 2. The number of nitrogens with one attached hydrogen (secondary N) is 1. The van der Waals surface area contributed by atoms with E-state index in [1.807, 2.05) is 43.3 Å². The lowest BCUT2D eigenvalue weighted by Crippen LogP contribution is -2.33. The van der Waals surface area contributed by atoms with Crippen molar-refractivity contribution >= 4 is 5.91 Å². The standard InChI is InChI=1S/C21H21N3O2/c1-13-4-3-5-18(12-13)21-24-23-20(26-21)17-10-8-16(9-11-17)19(25)22-14(2)15-6-7-15/h3-5,8-12,14-15H,6-7H2,1-2H3,(H,22,25). The molecule has 0 aliphatic heterocycles. The van der Waals surface area contributed by atoms with Crippen molar-refractivity contribution in [3.8, 4) is 22.9 Å². The average molecular weight is 347 g/mol. The topological polar surface area (TPSA) is 68.0 Å². The lowest BCUT2D eigenvalue weighted by atomic mass is 10.1. The maximum absolute atomic E-state index is 12.3. The van der Waals surface area contributed by atoms with Crippen LogP contribution in [0.4, 0.5) is 0 Å². The molecule has 0 bridgehead atoms. The van der Waals surface area contributed by atoms with Gasteiger partial charge in [0.15, 0.2) is 0 Å². The summed E-state index contributed by atoms with van der Waals surface area (Å²) in [5.41, 5.74) is 3.47. The van der Waals surface area contributed by atoms with Gasteiger partial charge in [-0.2, -0.15) is 0 Å². The van der Waals surface area contributed by atoms with E-state index in [9.17, 15) is 4.79 Å². The zero-order chi connectivity index (χ0) is 18.1. The van der Waals surface area contributed by atoms with Crippen molar-refractivity contribution in [3.05, 3.63) is 59.7 Å². The number of carbonyl (C=O) groups is 1. The second-order valence-corrected chi connectivity index (χ2v) is 6.96. The number of hydrogen-bond donors (Lipinski definition) is 1. The summed E-state index contributed by atoms with van der Waals surface area (Å²) in [6.45, 7) is 4.09. The Kier molecular flexibility index (Phi) is 4.29. The highest BCUT2D eigenvalue weighted by atomic mass is 16.4. The van der Waals surface area contributed by atoms with Crippen LogP contribution in [0.5, 0.6) is 0 Å². The van der Waals surface area contributed by atoms with Gasteiger partial charge in [0.05, 0.1) is 0 Å². The number of aromatic nitrogens is 2. The van der Waals surface area contributed by atoms with Crippen LogP contribution in [0.2, 0.25) is 0 Å². The number of nitrogens with zero attached hydrogens (tertiary/aromatic N) is 2. The molecule has 1 atom stereocenters. The van der Waals surface area contributed by atoms with Gasteiger partial charge in [-0.25, -0.2) is 0 Å². The third-order valence-electron chi connectivity index (χ3n) is 4.77. The quantitative estimate of drug-likeness (QED) is 0.749. The first-order chi connectivity index (χ1) is 12.6. The zero-order valence-electron chi connectivity index (χ0n) is 14.9. The molecule has 132 valence electrons. The molecule has 1 unspecified atom stereocenters. The van der Waals surface area contributed by atoms with E-state index in [4.69, 9.17) is 4.42 Å². The van der Waals surface area contributed by atoms with Gasteiger partial charge in [-0.15, -0.1) is 10.2 Å². The van der Waals surface area contributed by atoms with Gasteiger partial charge >= 0.3 is 0 Å². The minimum Gasteiger partial charge on any atom is -0.416 e. The van der Waals surface area contributed by atoms with E-state index >= 15 is 0 Å². The Labute approximate surface area is 152 Å². The Morgan fingerprint density at radius 3 is 2.42 bits per heavy atom. The fourth-order valence-corrected chi connectivity index (χ4v) is 3.00. The van der Waals surface area contributed by atoms with Crippen molar-refractivity contribution in [3.63, 3.8) is 0 Å². The molecule has 5 heteroatoms. The second kappa shape index (κ2) is 6.75. The average Bonchev–Trinajstić information content (AvgIpc) is 3.39. The highest BCUT2D eigenvalue weighted by molar-refractivity contribution is 5.94. The van der Waals surface area contributed by atoms with Crippen LogP contribution in [0.15, 0.2) is 52.9 Å². The van der Waals surface area contributed by atoms with Crippen LogP contribution in [0.3, 0.4) is 0 Å². The first kappa shape index (κ1) is 16.5. The van der Waals surface area contributed by atoms with Crippen LogP contribution in [-0.4, -0.2) is 22.1 Å². The van der Waals surface area contributed by atoms with Crippen molar-refractivity contribution in [1.29, 1.82) is 0 Å². The lowest BCUT2D eigenvalue weighted by molar-refractivity contribution is 0.0936. The highest BCUT2D eigenvalue weighted by Crippen LogP contribution is 2.32. The maximum atomic E-state index is 12.3. The van der Waals surface area contributed by atoms with Gasteiger partial charge in [0.2, 0.25) is 11.8 Å². The minimum atomic E-state index is -0.0399. The van der Waals surface area contributed by atoms with Gasteiger partial charge in [0.1, 0.15) is 0 Å². The third kappa shape index (κ3) is 3.52. The van der Waals surface area contributed by atoms with Crippen molar-refractivity contribution in [2.45, 2.75) is 32.7 Å². The summed E-state index contributed by atoms with van der Waals surface area (Å²) < 4.78 is 5.79. The number of carbonyl (C=O) groups excluding carboxylic acids is 1. The van der Waals surface area contributed by atoms with E-state index < -0.39 is 0 Å². The van der Waals surface area contributed by atoms with E-state index in [0.29, 0.717) is 23.3 Å². The highest BCUT2D eigenvalue weighted by Gasteiger charge is 2.29. The molecule has 2 aromatic carbocycles. The molecule has 0 spiro atoms. The Morgan fingerprint density at radius 2 is 1.77 bits per heavy atom. The van der Waals surface area contributed by atoms with Crippen LogP contribution in [0.25, 0.3) is 22.9 Å². The Bertz CT molecular complexity index is 926. The first-order valence-corrected chi connectivity index (χ1v) is 8.92. The van der Waals surface area contributed by atoms with E-state index in [1.165, 1.54) is 12.8 Å². The molecule has 1 aliphatic carbocycles. The van der Waals surface area contributed by atoms with Crippen LogP contribution in [-0.2, 0) is 0 Å². The molecule has 1 fully saturated rings. The summed E-state index contributed by atoms with van der Waals surface area (Å²) in [6.07, 6.45) is 2.42. The van der Waals surface area contributed by atoms with E-state index in [0.717, 1.165) is 16.7 Å². The SMILES string of the molecule is Cc1cccc(-c2nnc(-c3ccc(C(=O)NC(C)C4CC4)cc3)o2)c1. The lowest BCUT2D eigenvalue weighted by Gasteiger charge is -2.12. The van der Waals surface area contributed by atoms with E-state index in [1.54, 1.807) is 12.1 Å². The molecule has 1 heterocycles. The molecule has 0 saturated heterocycles. The van der Waals surface area contributed by atoms with Crippen molar-refractivity contribution in [2.24, 2.45) is 5.92 Å². The molecule has 1 aromatic heterocycles. The summed E-state index contributed by atoms with van der Waals surface area (Å²) in [7, 11) is 0. The van der Waals surface area contributed by atoms with Crippen LogP contribution >= 0.6 is 0 Å². The van der Waals surface area contributed by atoms with Crippen LogP contribution in [0.1, 0.15) is 35.7 Å². The summed E-state index contributed by atoms with van der Waals surface area (Å²) in [5, 5.41) is 11.3. The molecule has 1 N–H and O–H groups in total. The Morgan fingerprint density at radius 1 is 1.08 bits per heavy atom. The molecule has 3 aromatic rings. The molecular formula is C21H21N3O2. The molecular weight excluding hydrogens is 326 g/mol. The van der Waals surface area contributed by atoms with Crippen LogP contribution in [0, 0.1) is 12.8 Å². The summed E-state index contributed by atoms with van der Waals surface area (Å²) in [6, 6.07) is 15.4. The molecule has 0 radical (unpaired) electrons. The smallest absolute Gasteiger partial charge is 0.251 e.